The lowest BCUT2D eigenvalue weighted by atomic mass is 10.2. The predicted molar refractivity (Wildman–Crippen MR) is 91.1 cm³/mol. The van der Waals surface area contributed by atoms with Gasteiger partial charge in [-0.1, -0.05) is 0 Å². The number of aryl methyl sites for hydroxylation is 3. The Kier molecular flexibility index (Phi) is 3.78. The molecule has 0 fully saturated rings. The van der Waals surface area contributed by atoms with Gasteiger partial charge in [-0.3, -0.25) is 4.79 Å². The van der Waals surface area contributed by atoms with E-state index in [2.05, 4.69) is 10.3 Å². The maximum atomic E-state index is 12.4. The van der Waals surface area contributed by atoms with E-state index in [-0.39, 0.29) is 5.91 Å². The molecule has 2 heterocycles. The number of imidazole rings is 1. The van der Waals surface area contributed by atoms with E-state index in [0.29, 0.717) is 5.69 Å². The summed E-state index contributed by atoms with van der Waals surface area (Å²) in [5.74, 6) is -0.0996. The number of aromatic nitrogens is 3. The number of carbonyl (C=O) groups is 1. The molecular weight excluding hydrogens is 288 g/mol. The van der Waals surface area contributed by atoms with Gasteiger partial charge < -0.3 is 14.5 Å². The second-order valence-electron chi connectivity index (χ2n) is 5.74. The summed E-state index contributed by atoms with van der Waals surface area (Å²) in [7, 11) is 1.87. The monoisotopic (exact) mass is 308 g/mol. The van der Waals surface area contributed by atoms with Gasteiger partial charge in [-0.25, -0.2) is 4.98 Å². The number of hydrogen-bond acceptors (Lipinski definition) is 2. The standard InChI is InChI=1S/C18H20N4O/c1-12-9-10-21(4)17(12)18(23)20-15-5-7-16(8-6-15)22-11-19-13(2)14(22)3/h5-11H,1-4H3,(H,20,23). The van der Waals surface area contributed by atoms with Crippen molar-refractivity contribution in [2.24, 2.45) is 7.05 Å². The third-order valence-corrected chi connectivity index (χ3v) is 4.14. The van der Waals surface area contributed by atoms with Gasteiger partial charge in [0.1, 0.15) is 5.69 Å². The van der Waals surface area contributed by atoms with Gasteiger partial charge in [-0.05, 0) is 56.7 Å². The van der Waals surface area contributed by atoms with Crippen LogP contribution in [0.15, 0.2) is 42.9 Å². The fourth-order valence-electron chi connectivity index (χ4n) is 2.65. The molecule has 0 saturated heterocycles. The van der Waals surface area contributed by atoms with Crippen molar-refractivity contribution in [2.75, 3.05) is 5.32 Å². The van der Waals surface area contributed by atoms with Crippen molar-refractivity contribution in [1.82, 2.24) is 14.1 Å². The lowest BCUT2D eigenvalue weighted by Crippen LogP contribution is -2.16. The minimum absolute atomic E-state index is 0.0996. The Balaban J connectivity index is 1.80. The van der Waals surface area contributed by atoms with Gasteiger partial charge in [0.15, 0.2) is 0 Å². The average Bonchev–Trinajstić information content (AvgIpc) is 3.03. The van der Waals surface area contributed by atoms with E-state index in [4.69, 9.17) is 0 Å². The molecule has 1 N–H and O–H groups in total. The molecule has 0 spiro atoms. The van der Waals surface area contributed by atoms with E-state index in [1.165, 1.54) is 0 Å². The molecule has 0 bridgehead atoms. The number of anilines is 1. The predicted octanol–water partition coefficient (Wildman–Crippen LogP) is 3.39. The SMILES string of the molecule is Cc1ccn(C)c1C(=O)Nc1ccc(-n2cnc(C)c2C)cc1. The first-order valence-corrected chi connectivity index (χ1v) is 7.51. The topological polar surface area (TPSA) is 51.9 Å². The maximum absolute atomic E-state index is 12.4. The zero-order valence-electron chi connectivity index (χ0n) is 13.8. The van der Waals surface area contributed by atoms with Crippen LogP contribution in [-0.2, 0) is 7.05 Å². The third-order valence-electron chi connectivity index (χ3n) is 4.14. The van der Waals surface area contributed by atoms with Crippen LogP contribution in [0.25, 0.3) is 5.69 Å². The summed E-state index contributed by atoms with van der Waals surface area (Å²) in [5, 5.41) is 2.94. The van der Waals surface area contributed by atoms with Crippen LogP contribution < -0.4 is 5.32 Å². The van der Waals surface area contributed by atoms with E-state index in [1.807, 2.05) is 79.8 Å². The summed E-state index contributed by atoms with van der Waals surface area (Å²) >= 11 is 0. The van der Waals surface area contributed by atoms with Crippen molar-refractivity contribution in [2.45, 2.75) is 20.8 Å². The largest absolute Gasteiger partial charge is 0.346 e. The number of carbonyl (C=O) groups excluding carboxylic acids is 1. The molecule has 1 aromatic carbocycles. The Labute approximate surface area is 135 Å². The summed E-state index contributed by atoms with van der Waals surface area (Å²) in [6, 6.07) is 9.69. The highest BCUT2D eigenvalue weighted by atomic mass is 16.1. The van der Waals surface area contributed by atoms with E-state index in [1.54, 1.807) is 0 Å². The van der Waals surface area contributed by atoms with Crippen molar-refractivity contribution >= 4 is 11.6 Å². The van der Waals surface area contributed by atoms with Crippen LogP contribution in [0.5, 0.6) is 0 Å². The molecule has 3 aromatic rings. The number of amides is 1. The van der Waals surface area contributed by atoms with Crippen molar-refractivity contribution in [3.8, 4) is 5.69 Å². The summed E-state index contributed by atoms with van der Waals surface area (Å²) in [4.78, 5) is 16.7. The Morgan fingerprint density at radius 1 is 1.09 bits per heavy atom. The zero-order valence-corrected chi connectivity index (χ0v) is 13.8. The van der Waals surface area contributed by atoms with E-state index >= 15 is 0 Å². The number of nitrogens with one attached hydrogen (secondary N) is 1. The Hall–Kier alpha value is -2.82. The van der Waals surface area contributed by atoms with Crippen LogP contribution in [0.4, 0.5) is 5.69 Å². The highest BCUT2D eigenvalue weighted by Gasteiger charge is 2.13. The van der Waals surface area contributed by atoms with Gasteiger partial charge in [-0.2, -0.15) is 0 Å². The molecule has 0 aliphatic heterocycles. The highest BCUT2D eigenvalue weighted by molar-refractivity contribution is 6.04. The second kappa shape index (κ2) is 5.76. The van der Waals surface area contributed by atoms with Crippen LogP contribution in [0, 0.1) is 20.8 Å². The smallest absolute Gasteiger partial charge is 0.272 e. The number of rotatable bonds is 3. The number of hydrogen-bond donors (Lipinski definition) is 1. The lowest BCUT2D eigenvalue weighted by Gasteiger charge is -2.10. The molecule has 118 valence electrons. The third kappa shape index (κ3) is 2.77. The summed E-state index contributed by atoms with van der Waals surface area (Å²) in [6.45, 7) is 5.96. The van der Waals surface area contributed by atoms with Crippen molar-refractivity contribution in [1.29, 1.82) is 0 Å². The van der Waals surface area contributed by atoms with Crippen molar-refractivity contribution in [3.05, 3.63) is 65.5 Å². The maximum Gasteiger partial charge on any atom is 0.272 e. The van der Waals surface area contributed by atoms with Crippen LogP contribution in [0.2, 0.25) is 0 Å². The minimum Gasteiger partial charge on any atom is -0.346 e. The van der Waals surface area contributed by atoms with Crippen LogP contribution >= 0.6 is 0 Å². The zero-order chi connectivity index (χ0) is 16.6. The molecule has 5 heteroatoms. The van der Waals surface area contributed by atoms with Gasteiger partial charge in [0.2, 0.25) is 0 Å². The van der Waals surface area contributed by atoms with Gasteiger partial charge in [0.05, 0.1) is 12.0 Å². The van der Waals surface area contributed by atoms with Gasteiger partial charge in [-0.15, -0.1) is 0 Å². The Morgan fingerprint density at radius 3 is 2.30 bits per heavy atom. The molecule has 1 amide bonds. The normalized spacial score (nSPS) is 10.8. The Bertz CT molecular complexity index is 836. The van der Waals surface area contributed by atoms with Crippen molar-refractivity contribution in [3.63, 3.8) is 0 Å². The minimum atomic E-state index is -0.0996. The molecule has 0 aliphatic rings. The van der Waals surface area contributed by atoms with Crippen molar-refractivity contribution < 1.29 is 4.79 Å². The van der Waals surface area contributed by atoms with Crippen LogP contribution in [-0.4, -0.2) is 20.0 Å². The molecule has 0 atom stereocenters. The van der Waals surface area contributed by atoms with Crippen LogP contribution in [0.3, 0.4) is 0 Å². The van der Waals surface area contributed by atoms with Crippen LogP contribution in [0.1, 0.15) is 27.4 Å². The Morgan fingerprint density at radius 2 is 1.78 bits per heavy atom. The summed E-state index contributed by atoms with van der Waals surface area (Å²) in [6.07, 6.45) is 3.70. The molecule has 0 unspecified atom stereocenters. The first-order chi connectivity index (χ1) is 11.0. The lowest BCUT2D eigenvalue weighted by molar-refractivity contribution is 0.101. The first-order valence-electron chi connectivity index (χ1n) is 7.51. The van der Waals surface area contributed by atoms with E-state index in [0.717, 1.165) is 28.3 Å². The first kappa shape index (κ1) is 15.1. The number of nitrogens with zero attached hydrogens (tertiary/aromatic N) is 3. The second-order valence-corrected chi connectivity index (χ2v) is 5.74. The fourth-order valence-corrected chi connectivity index (χ4v) is 2.65. The van der Waals surface area contributed by atoms with Gasteiger partial charge in [0, 0.05) is 30.3 Å². The molecule has 0 aliphatic carbocycles. The molecule has 3 rings (SSSR count). The fraction of sp³-hybridized carbons (Fsp3) is 0.222. The molecule has 0 saturated carbocycles. The average molecular weight is 308 g/mol. The van der Waals surface area contributed by atoms with E-state index < -0.39 is 0 Å². The number of benzene rings is 1. The van der Waals surface area contributed by atoms with E-state index in [9.17, 15) is 4.79 Å². The molecule has 2 aromatic heterocycles. The molecule has 0 radical (unpaired) electrons. The molecular formula is C18H20N4O. The summed E-state index contributed by atoms with van der Waals surface area (Å²) < 4.78 is 3.86. The quantitative estimate of drug-likeness (QED) is 0.806. The molecule has 5 nitrogen and oxygen atoms in total. The summed E-state index contributed by atoms with van der Waals surface area (Å²) in [5.41, 5.74) is 5.56. The van der Waals surface area contributed by atoms with Gasteiger partial charge >= 0.3 is 0 Å². The van der Waals surface area contributed by atoms with Gasteiger partial charge in [0.25, 0.3) is 5.91 Å². The highest BCUT2D eigenvalue weighted by Crippen LogP contribution is 2.18. The molecule has 23 heavy (non-hydrogen) atoms.